The number of aromatic nitrogens is 2. The Hall–Kier alpha value is -2.53. The number of allylic oxidation sites excluding steroid dienone is 2. The van der Waals surface area contributed by atoms with Crippen LogP contribution in [0, 0.1) is 0 Å². The Bertz CT molecular complexity index is 762. The van der Waals surface area contributed by atoms with Crippen LogP contribution >= 0.6 is 0 Å². The normalized spacial score (nSPS) is 19.9. The van der Waals surface area contributed by atoms with E-state index in [9.17, 15) is 4.79 Å². The second kappa shape index (κ2) is 6.93. The van der Waals surface area contributed by atoms with Crippen molar-refractivity contribution >= 4 is 18.1 Å². The van der Waals surface area contributed by atoms with Crippen LogP contribution in [-0.4, -0.2) is 21.9 Å². The zero-order valence-electron chi connectivity index (χ0n) is 14.2. The number of rotatable bonds is 5. The van der Waals surface area contributed by atoms with E-state index in [0.29, 0.717) is 0 Å². The van der Waals surface area contributed by atoms with E-state index >= 15 is 0 Å². The van der Waals surface area contributed by atoms with Crippen LogP contribution in [0.2, 0.25) is 0 Å². The minimum Gasteiger partial charge on any atom is -0.245 e. The summed E-state index contributed by atoms with van der Waals surface area (Å²) in [5.41, 5.74) is 3.02. The zero-order valence-corrected chi connectivity index (χ0v) is 14.2. The fourth-order valence-electron chi connectivity index (χ4n) is 3.22. The Balaban J connectivity index is 2.20. The molecular formula is C19H23N4O+. The molecule has 3 rings (SSSR count). The first-order valence-electron chi connectivity index (χ1n) is 8.49. The van der Waals surface area contributed by atoms with Crippen LogP contribution in [-0.2, 0) is 0 Å². The molecule has 5 nitrogen and oxygen atoms in total. The number of hydrogen-bond donors (Lipinski definition) is 0. The molecule has 5 heteroatoms. The minimum absolute atomic E-state index is 0.0281. The van der Waals surface area contributed by atoms with Gasteiger partial charge in [-0.2, -0.15) is 0 Å². The van der Waals surface area contributed by atoms with Gasteiger partial charge in [-0.1, -0.05) is 38.5 Å². The molecule has 1 aliphatic heterocycles. The third kappa shape index (κ3) is 2.61. The van der Waals surface area contributed by atoms with Crippen molar-refractivity contribution in [1.82, 2.24) is 14.0 Å². The Morgan fingerprint density at radius 2 is 1.88 bits per heavy atom. The topological polar surface area (TPSA) is 47.2 Å². The van der Waals surface area contributed by atoms with Crippen molar-refractivity contribution in [1.29, 1.82) is 0 Å². The van der Waals surface area contributed by atoms with Gasteiger partial charge in [0.1, 0.15) is 12.0 Å². The summed E-state index contributed by atoms with van der Waals surface area (Å²) >= 11 is 0. The number of hydrogen-bond acceptors (Lipinski definition) is 3. The summed E-state index contributed by atoms with van der Waals surface area (Å²) in [7, 11) is 0. The lowest BCUT2D eigenvalue weighted by Gasteiger charge is -2.29. The first-order chi connectivity index (χ1) is 11.7. The molecule has 0 bridgehead atoms. The number of quaternary nitrogens is 1. The Morgan fingerprint density at radius 1 is 1.12 bits per heavy atom. The van der Waals surface area contributed by atoms with Crippen molar-refractivity contribution in [2.24, 2.45) is 4.99 Å². The molecule has 124 valence electrons. The van der Waals surface area contributed by atoms with Crippen LogP contribution in [0.3, 0.4) is 0 Å². The maximum Gasteiger partial charge on any atom is 0.444 e. The quantitative estimate of drug-likeness (QED) is 0.748. The summed E-state index contributed by atoms with van der Waals surface area (Å²) < 4.78 is 1.57. The molecule has 1 aromatic heterocycles. The van der Waals surface area contributed by atoms with Crippen molar-refractivity contribution in [3.8, 4) is 0 Å². The monoisotopic (exact) mass is 323 g/mol. The van der Waals surface area contributed by atoms with E-state index < -0.39 is 0 Å². The molecule has 0 saturated heterocycles. The van der Waals surface area contributed by atoms with Crippen molar-refractivity contribution in [2.45, 2.75) is 39.5 Å². The van der Waals surface area contributed by atoms with E-state index in [0.717, 1.165) is 42.8 Å². The Kier molecular flexibility index (Phi) is 4.71. The van der Waals surface area contributed by atoms with Crippen molar-refractivity contribution in [3.05, 3.63) is 60.4 Å². The van der Waals surface area contributed by atoms with Gasteiger partial charge in [0.15, 0.2) is 11.4 Å². The first kappa shape index (κ1) is 16.3. The average molecular weight is 323 g/mol. The molecule has 2 heterocycles. The lowest BCUT2D eigenvalue weighted by molar-refractivity contribution is 0.229. The van der Waals surface area contributed by atoms with Crippen LogP contribution in [0.15, 0.2) is 65.4 Å². The molecule has 0 saturated carbocycles. The number of benzene rings is 1. The van der Waals surface area contributed by atoms with Gasteiger partial charge in [0.05, 0.1) is 0 Å². The van der Waals surface area contributed by atoms with Crippen molar-refractivity contribution in [3.63, 3.8) is 0 Å². The van der Waals surface area contributed by atoms with Crippen LogP contribution in [0.1, 0.15) is 39.5 Å². The summed E-state index contributed by atoms with van der Waals surface area (Å²) in [6.45, 7) is 4.27. The molecule has 0 radical (unpaired) electrons. The molecule has 24 heavy (non-hydrogen) atoms. The number of carbonyl (C=O) groups is 1. The molecule has 1 amide bonds. The second-order valence-corrected chi connectivity index (χ2v) is 5.95. The summed E-state index contributed by atoms with van der Waals surface area (Å²) in [5.74, 6) is 0. The van der Waals surface area contributed by atoms with Gasteiger partial charge in [0, 0.05) is 30.9 Å². The fraction of sp³-hybridized carbons (Fsp3) is 0.316. The van der Waals surface area contributed by atoms with Crippen LogP contribution in [0.4, 0.5) is 10.5 Å². The standard InChI is InChI=1S/C19H23N4O/c1-3-8-17-18(9-4-2)23(15-21-17,16-10-6-5-7-11-16)19(24)22-13-12-20-14-22/h5-7,10-15H,3-4,8-9H2,1-2H3/q+1. The highest BCUT2D eigenvalue weighted by atomic mass is 16.2. The highest BCUT2D eigenvalue weighted by Gasteiger charge is 2.48. The van der Waals surface area contributed by atoms with E-state index in [4.69, 9.17) is 0 Å². The minimum atomic E-state index is -0.0722. The molecule has 2 aromatic rings. The third-order valence-corrected chi connectivity index (χ3v) is 4.31. The zero-order chi connectivity index (χ0) is 17.0. The van der Waals surface area contributed by atoms with Gasteiger partial charge in [-0.25, -0.2) is 19.3 Å². The van der Waals surface area contributed by atoms with Gasteiger partial charge in [-0.15, -0.1) is 4.48 Å². The van der Waals surface area contributed by atoms with Gasteiger partial charge in [0.2, 0.25) is 6.34 Å². The maximum atomic E-state index is 13.4. The van der Waals surface area contributed by atoms with E-state index in [-0.39, 0.29) is 10.5 Å². The number of imidazole rings is 1. The summed E-state index contributed by atoms with van der Waals surface area (Å²) in [5, 5.41) is 0. The Morgan fingerprint density at radius 3 is 2.50 bits per heavy atom. The molecule has 0 spiro atoms. The van der Waals surface area contributed by atoms with Gasteiger partial charge in [-0.3, -0.25) is 0 Å². The predicted octanol–water partition coefficient (Wildman–Crippen LogP) is 4.71. The lowest BCUT2D eigenvalue weighted by atomic mass is 10.1. The number of amides is 1. The lowest BCUT2D eigenvalue weighted by Crippen LogP contribution is -2.52. The molecule has 1 unspecified atom stereocenters. The van der Waals surface area contributed by atoms with Crippen LogP contribution in [0.5, 0.6) is 0 Å². The average Bonchev–Trinajstić information content (AvgIpc) is 3.26. The summed E-state index contributed by atoms with van der Waals surface area (Å²) in [6.07, 6.45) is 10.4. The summed E-state index contributed by atoms with van der Waals surface area (Å²) in [6, 6.07) is 9.80. The molecule has 0 fully saturated rings. The van der Waals surface area contributed by atoms with Gasteiger partial charge < -0.3 is 0 Å². The first-order valence-corrected chi connectivity index (χ1v) is 8.49. The molecule has 1 aliphatic rings. The molecular weight excluding hydrogens is 300 g/mol. The second-order valence-electron chi connectivity index (χ2n) is 5.95. The van der Waals surface area contributed by atoms with E-state index in [1.165, 1.54) is 0 Å². The van der Waals surface area contributed by atoms with Crippen LogP contribution in [0.25, 0.3) is 0 Å². The van der Waals surface area contributed by atoms with Crippen LogP contribution < -0.4 is 4.48 Å². The SMILES string of the molecule is CCCC1=C(CCC)[N+](C(=O)n2ccnc2)(c2ccccc2)C=N1. The largest absolute Gasteiger partial charge is 0.444 e. The third-order valence-electron chi connectivity index (χ3n) is 4.31. The summed E-state index contributed by atoms with van der Waals surface area (Å²) in [4.78, 5) is 22.1. The van der Waals surface area contributed by atoms with E-state index in [2.05, 4.69) is 23.8 Å². The Labute approximate surface area is 142 Å². The number of nitrogens with zero attached hydrogens (tertiary/aromatic N) is 4. The van der Waals surface area contributed by atoms with E-state index in [1.54, 1.807) is 29.6 Å². The number of para-hydroxylation sites is 1. The van der Waals surface area contributed by atoms with Gasteiger partial charge in [0.25, 0.3) is 0 Å². The molecule has 0 N–H and O–H groups in total. The predicted molar refractivity (Wildman–Crippen MR) is 96.6 cm³/mol. The van der Waals surface area contributed by atoms with Gasteiger partial charge in [-0.05, 0) is 12.8 Å². The van der Waals surface area contributed by atoms with Crippen molar-refractivity contribution in [2.75, 3.05) is 0 Å². The highest BCUT2D eigenvalue weighted by molar-refractivity contribution is 6.06. The molecule has 1 atom stereocenters. The molecule has 1 aromatic carbocycles. The molecule has 0 aliphatic carbocycles. The van der Waals surface area contributed by atoms with E-state index in [1.807, 2.05) is 30.3 Å². The maximum absolute atomic E-state index is 13.4. The highest BCUT2D eigenvalue weighted by Crippen LogP contribution is 2.38. The number of carbonyl (C=O) groups excluding carboxylic acids is 1. The smallest absolute Gasteiger partial charge is 0.245 e. The fourth-order valence-corrected chi connectivity index (χ4v) is 3.22. The number of aliphatic imine (C=N–C) groups is 1. The van der Waals surface area contributed by atoms with Crippen molar-refractivity contribution < 1.29 is 4.79 Å². The van der Waals surface area contributed by atoms with Gasteiger partial charge >= 0.3 is 6.03 Å².